The first-order chi connectivity index (χ1) is 28.1. The predicted octanol–water partition coefficient (Wildman–Crippen LogP) is 10.0. The highest BCUT2D eigenvalue weighted by Gasteiger charge is 2.32. The van der Waals surface area contributed by atoms with Gasteiger partial charge in [0.2, 0.25) is 5.91 Å². The second kappa shape index (κ2) is 19.0. The Balaban J connectivity index is 1.01. The van der Waals surface area contributed by atoms with Crippen LogP contribution in [0.25, 0.3) is 11.1 Å². The van der Waals surface area contributed by atoms with Crippen LogP contribution in [0.3, 0.4) is 0 Å². The summed E-state index contributed by atoms with van der Waals surface area (Å²) in [6.07, 6.45) is 2.83. The molecule has 7 rings (SSSR count). The minimum Gasteiger partial charge on any atom is -0.489 e. The number of methoxy groups -OCH3 is 1. The van der Waals surface area contributed by atoms with Crippen LogP contribution in [0.15, 0.2) is 115 Å². The van der Waals surface area contributed by atoms with Gasteiger partial charge < -0.3 is 19.5 Å². The first kappa shape index (κ1) is 40.9. The molecular weight excluding hydrogens is 767 g/mol. The Kier molecular flexibility index (Phi) is 13.4. The number of carbonyl (C=O) groups excluding carboxylic acids is 1. The van der Waals surface area contributed by atoms with Crippen molar-refractivity contribution in [1.82, 2.24) is 20.2 Å². The third kappa shape index (κ3) is 10.2. The van der Waals surface area contributed by atoms with E-state index in [2.05, 4.69) is 64.6 Å². The fraction of sp³-hybridized carbons (Fsp3) is 0.271. The van der Waals surface area contributed by atoms with Crippen LogP contribution in [-0.2, 0) is 42.1 Å². The van der Waals surface area contributed by atoms with E-state index in [1.165, 1.54) is 16.7 Å². The van der Waals surface area contributed by atoms with Gasteiger partial charge in [-0.3, -0.25) is 19.7 Å². The number of rotatable bonds is 15. The van der Waals surface area contributed by atoms with Crippen LogP contribution >= 0.6 is 23.2 Å². The SMILES string of the molecule is COCC(Oc1ccc2c(c1)CN(Cc1cccc(C)n1)C(C(=O)NCCc1ccc(-c3ccnc(C)c3C)cc1)C2)c1ccc(OCc2ccc(Cl)c(Cl)c2)cc1. The average molecular weight is 816 g/mol. The maximum Gasteiger partial charge on any atom is 0.237 e. The second-order valence-electron chi connectivity index (χ2n) is 14.8. The average Bonchev–Trinajstić information content (AvgIpc) is 3.22. The van der Waals surface area contributed by atoms with E-state index in [0.29, 0.717) is 49.3 Å². The topological polar surface area (TPSA) is 85.8 Å². The molecule has 0 spiro atoms. The quantitative estimate of drug-likeness (QED) is 0.111. The van der Waals surface area contributed by atoms with Crippen LogP contribution in [0.5, 0.6) is 11.5 Å². The van der Waals surface area contributed by atoms with Crippen LogP contribution in [0.4, 0.5) is 0 Å². The van der Waals surface area contributed by atoms with Crippen molar-refractivity contribution in [3.8, 4) is 22.6 Å². The third-order valence-electron chi connectivity index (χ3n) is 10.7. The van der Waals surface area contributed by atoms with Gasteiger partial charge in [0, 0.05) is 44.3 Å². The van der Waals surface area contributed by atoms with Gasteiger partial charge in [-0.25, -0.2) is 0 Å². The normalized spacial score (nSPS) is 14.4. The van der Waals surface area contributed by atoms with Crippen LogP contribution < -0.4 is 14.8 Å². The Morgan fingerprint density at radius 2 is 1.64 bits per heavy atom. The first-order valence-electron chi connectivity index (χ1n) is 19.5. The largest absolute Gasteiger partial charge is 0.489 e. The summed E-state index contributed by atoms with van der Waals surface area (Å²) in [7, 11) is 1.67. The molecule has 2 aromatic heterocycles. The lowest BCUT2D eigenvalue weighted by molar-refractivity contribution is -0.127. The van der Waals surface area contributed by atoms with Crippen molar-refractivity contribution >= 4 is 29.1 Å². The lowest BCUT2D eigenvalue weighted by Crippen LogP contribution is -2.50. The zero-order valence-electron chi connectivity index (χ0n) is 33.3. The summed E-state index contributed by atoms with van der Waals surface area (Å²) in [5, 5.41) is 4.26. The number of halogens is 2. The van der Waals surface area contributed by atoms with E-state index in [1.807, 2.05) is 74.6 Å². The predicted molar refractivity (Wildman–Crippen MR) is 230 cm³/mol. The summed E-state index contributed by atoms with van der Waals surface area (Å²) < 4.78 is 18.2. The first-order valence-corrected chi connectivity index (χ1v) is 20.3. The van der Waals surface area contributed by atoms with Gasteiger partial charge in [0.25, 0.3) is 0 Å². The summed E-state index contributed by atoms with van der Waals surface area (Å²) >= 11 is 12.2. The number of fused-ring (bicyclic) bond motifs is 1. The molecule has 6 aromatic rings. The molecule has 0 bridgehead atoms. The van der Waals surface area contributed by atoms with Gasteiger partial charge in [-0.05, 0) is 133 Å². The number of pyridine rings is 2. The second-order valence-corrected chi connectivity index (χ2v) is 15.6. The van der Waals surface area contributed by atoms with E-state index in [4.69, 9.17) is 42.4 Å². The lowest BCUT2D eigenvalue weighted by atomic mass is 9.92. The number of nitrogens with one attached hydrogen (secondary N) is 1. The van der Waals surface area contributed by atoms with Crippen molar-refractivity contribution < 1.29 is 19.0 Å². The molecule has 2 atom stereocenters. The highest BCUT2D eigenvalue weighted by molar-refractivity contribution is 6.42. The third-order valence-corrected chi connectivity index (χ3v) is 11.4. The van der Waals surface area contributed by atoms with Crippen LogP contribution in [0.1, 0.15) is 56.6 Å². The fourth-order valence-corrected chi connectivity index (χ4v) is 7.67. The van der Waals surface area contributed by atoms with E-state index in [0.717, 1.165) is 62.8 Å². The lowest BCUT2D eigenvalue weighted by Gasteiger charge is -2.36. The van der Waals surface area contributed by atoms with Crippen LogP contribution in [0.2, 0.25) is 10.0 Å². The number of benzene rings is 4. The molecule has 1 amide bonds. The van der Waals surface area contributed by atoms with Crippen LogP contribution in [0, 0.1) is 20.8 Å². The zero-order chi connectivity index (χ0) is 40.6. The van der Waals surface area contributed by atoms with Crippen molar-refractivity contribution in [1.29, 1.82) is 0 Å². The Bertz CT molecular complexity index is 2350. The highest BCUT2D eigenvalue weighted by Crippen LogP contribution is 2.32. The van der Waals surface area contributed by atoms with Gasteiger partial charge in [-0.15, -0.1) is 0 Å². The number of aryl methyl sites for hydroxylation is 2. The van der Waals surface area contributed by atoms with Crippen molar-refractivity contribution in [3.05, 3.63) is 176 Å². The molecule has 0 radical (unpaired) electrons. The number of hydrogen-bond acceptors (Lipinski definition) is 7. The minimum atomic E-state index is -0.347. The number of ether oxygens (including phenoxy) is 3. The van der Waals surface area contributed by atoms with E-state index in [1.54, 1.807) is 19.2 Å². The monoisotopic (exact) mass is 814 g/mol. The Morgan fingerprint density at radius 3 is 2.40 bits per heavy atom. The molecule has 0 saturated carbocycles. The number of hydrogen-bond donors (Lipinski definition) is 1. The standard InChI is InChI=1S/C48H48Cl2N4O4/c1-31-6-5-7-40(53-31)28-54-27-39-25-42(58-47(30-56-4)37-13-16-41(17-14-37)57-29-35-10-19-44(49)45(50)24-35)18-15-38(39)26-46(54)48(55)52-22-20-34-8-11-36(12-9-34)43-21-23-51-33(3)32(43)2/h5-19,21,23-25,46-47H,20,22,26-30H2,1-4H3,(H,52,55). The van der Waals surface area contributed by atoms with Crippen molar-refractivity contribution in [2.24, 2.45) is 0 Å². The van der Waals surface area contributed by atoms with E-state index in [-0.39, 0.29) is 18.1 Å². The maximum atomic E-state index is 13.9. The molecule has 0 saturated heterocycles. The summed E-state index contributed by atoms with van der Waals surface area (Å²) in [6, 6.07) is 35.8. The molecule has 1 aliphatic heterocycles. The van der Waals surface area contributed by atoms with Gasteiger partial charge >= 0.3 is 0 Å². The molecule has 0 fully saturated rings. The van der Waals surface area contributed by atoms with Gasteiger partial charge in [-0.2, -0.15) is 0 Å². The van der Waals surface area contributed by atoms with Gasteiger partial charge in [0.1, 0.15) is 24.2 Å². The van der Waals surface area contributed by atoms with E-state index < -0.39 is 0 Å². The Morgan fingerprint density at radius 1 is 0.862 bits per heavy atom. The molecule has 3 heterocycles. The molecule has 1 aliphatic rings. The zero-order valence-corrected chi connectivity index (χ0v) is 34.8. The molecule has 0 aliphatic carbocycles. The summed E-state index contributed by atoms with van der Waals surface area (Å²) in [5.74, 6) is 1.47. The van der Waals surface area contributed by atoms with Crippen LogP contribution in [-0.4, -0.2) is 47.1 Å². The van der Waals surface area contributed by atoms with Gasteiger partial charge in [0.05, 0.1) is 28.4 Å². The number of amides is 1. The molecule has 298 valence electrons. The fourth-order valence-electron chi connectivity index (χ4n) is 7.35. The van der Waals surface area contributed by atoms with Gasteiger partial charge in [-0.1, -0.05) is 77.8 Å². The number of carbonyl (C=O) groups is 1. The van der Waals surface area contributed by atoms with Crippen molar-refractivity contribution in [2.45, 2.75) is 65.5 Å². The number of nitrogens with zero attached hydrogens (tertiary/aromatic N) is 3. The summed E-state index contributed by atoms with van der Waals surface area (Å²) in [4.78, 5) is 25.3. The minimum absolute atomic E-state index is 0.0164. The highest BCUT2D eigenvalue weighted by atomic mass is 35.5. The molecule has 4 aromatic carbocycles. The summed E-state index contributed by atoms with van der Waals surface area (Å²) in [6.45, 7) is 8.53. The number of aromatic nitrogens is 2. The van der Waals surface area contributed by atoms with E-state index in [9.17, 15) is 4.79 Å². The smallest absolute Gasteiger partial charge is 0.237 e. The summed E-state index contributed by atoms with van der Waals surface area (Å²) in [5.41, 5.74) is 11.8. The van der Waals surface area contributed by atoms with Crippen molar-refractivity contribution in [3.63, 3.8) is 0 Å². The van der Waals surface area contributed by atoms with E-state index >= 15 is 0 Å². The maximum absolute atomic E-state index is 13.9. The molecule has 2 unspecified atom stereocenters. The Labute approximate surface area is 351 Å². The molecule has 58 heavy (non-hydrogen) atoms. The Hall–Kier alpha value is -5.25. The van der Waals surface area contributed by atoms with Gasteiger partial charge in [0.15, 0.2) is 0 Å². The van der Waals surface area contributed by atoms with Crippen molar-refractivity contribution in [2.75, 3.05) is 20.3 Å². The molecule has 10 heteroatoms. The molecular formula is C48H48Cl2N4O4. The molecule has 1 N–H and O–H groups in total. The molecule has 8 nitrogen and oxygen atoms in total.